The molecule has 0 radical (unpaired) electrons. The summed E-state index contributed by atoms with van der Waals surface area (Å²) in [6.45, 7) is 8.47. The maximum absolute atomic E-state index is 12.2. The van der Waals surface area contributed by atoms with Crippen molar-refractivity contribution in [3.05, 3.63) is 29.8 Å². The lowest BCUT2D eigenvalue weighted by atomic mass is 10.0. The molecular formula is C15H25N3O2S. The first-order valence-electron chi connectivity index (χ1n) is 7.50. The second-order valence-corrected chi connectivity index (χ2v) is 7.63. The smallest absolute Gasteiger partial charge is 0.233 e. The van der Waals surface area contributed by atoms with Crippen LogP contribution in [0.1, 0.15) is 25.3 Å². The summed E-state index contributed by atoms with van der Waals surface area (Å²) in [6.07, 6.45) is 0. The highest BCUT2D eigenvalue weighted by molar-refractivity contribution is 7.92. The predicted molar refractivity (Wildman–Crippen MR) is 87.3 cm³/mol. The van der Waals surface area contributed by atoms with Gasteiger partial charge in [0.15, 0.2) is 0 Å². The summed E-state index contributed by atoms with van der Waals surface area (Å²) in [5, 5.41) is 3.26. The molecule has 0 atom stereocenters. The van der Waals surface area contributed by atoms with Crippen LogP contribution in [0, 0.1) is 0 Å². The minimum absolute atomic E-state index is 0.138. The lowest BCUT2D eigenvalue weighted by molar-refractivity contribution is 0.254. The minimum atomic E-state index is -3.29. The number of benzene rings is 1. The van der Waals surface area contributed by atoms with Crippen molar-refractivity contribution in [3.8, 4) is 0 Å². The third-order valence-electron chi connectivity index (χ3n) is 3.71. The maximum atomic E-state index is 12.2. The zero-order valence-electron chi connectivity index (χ0n) is 12.8. The molecule has 1 aliphatic heterocycles. The molecule has 1 aliphatic rings. The van der Waals surface area contributed by atoms with Crippen molar-refractivity contribution >= 4 is 15.7 Å². The van der Waals surface area contributed by atoms with Crippen molar-refractivity contribution < 1.29 is 8.42 Å². The van der Waals surface area contributed by atoms with Gasteiger partial charge in [0.2, 0.25) is 10.0 Å². The van der Waals surface area contributed by atoms with Gasteiger partial charge >= 0.3 is 0 Å². The molecule has 6 heteroatoms. The lowest BCUT2D eigenvalue weighted by Gasteiger charge is -2.26. The first-order chi connectivity index (χ1) is 9.96. The van der Waals surface area contributed by atoms with E-state index in [1.54, 1.807) is 6.07 Å². The molecule has 2 N–H and O–H groups in total. The second-order valence-electron chi connectivity index (χ2n) is 5.79. The van der Waals surface area contributed by atoms with Crippen molar-refractivity contribution in [2.75, 3.05) is 43.2 Å². The van der Waals surface area contributed by atoms with E-state index >= 15 is 0 Å². The summed E-state index contributed by atoms with van der Waals surface area (Å²) >= 11 is 0. The molecule has 1 fully saturated rings. The van der Waals surface area contributed by atoms with Gasteiger partial charge in [0.1, 0.15) is 0 Å². The number of nitrogens with zero attached hydrogens (tertiary/aromatic N) is 1. The van der Waals surface area contributed by atoms with Crippen LogP contribution in [0.5, 0.6) is 0 Å². The molecule has 1 heterocycles. The topological polar surface area (TPSA) is 61.4 Å². The fourth-order valence-electron chi connectivity index (χ4n) is 2.38. The van der Waals surface area contributed by atoms with Gasteiger partial charge in [0, 0.05) is 38.4 Å². The van der Waals surface area contributed by atoms with Gasteiger partial charge in [-0.05, 0) is 23.6 Å². The molecule has 0 spiro atoms. The average molecular weight is 311 g/mol. The Morgan fingerprint density at radius 3 is 2.67 bits per heavy atom. The van der Waals surface area contributed by atoms with Crippen LogP contribution in [0.3, 0.4) is 0 Å². The zero-order chi connectivity index (χ0) is 15.3. The van der Waals surface area contributed by atoms with Crippen molar-refractivity contribution in [2.45, 2.75) is 19.8 Å². The normalized spacial score (nSPS) is 17.1. The molecule has 0 aromatic heterocycles. The van der Waals surface area contributed by atoms with Crippen LogP contribution >= 0.6 is 0 Å². The molecule has 118 valence electrons. The largest absolute Gasteiger partial charge is 0.314 e. The number of hydrogen-bond acceptors (Lipinski definition) is 4. The molecule has 0 saturated carbocycles. The van der Waals surface area contributed by atoms with Gasteiger partial charge in [-0.2, -0.15) is 0 Å². The average Bonchev–Trinajstić information content (AvgIpc) is 2.46. The molecule has 1 aromatic rings. The summed E-state index contributed by atoms with van der Waals surface area (Å²) in [5.41, 5.74) is 1.79. The Labute approximate surface area is 127 Å². The Morgan fingerprint density at radius 2 is 2.00 bits per heavy atom. The Morgan fingerprint density at radius 1 is 1.29 bits per heavy atom. The third-order valence-corrected chi connectivity index (χ3v) is 4.98. The van der Waals surface area contributed by atoms with Gasteiger partial charge in [-0.1, -0.05) is 26.0 Å². The highest BCUT2D eigenvalue weighted by atomic mass is 32.2. The third kappa shape index (κ3) is 5.30. The molecule has 5 nitrogen and oxygen atoms in total. The van der Waals surface area contributed by atoms with Gasteiger partial charge in [-0.15, -0.1) is 0 Å². The SMILES string of the molecule is CC(C)c1cccc(NS(=O)(=O)CCN2CCNCC2)c1. The van der Waals surface area contributed by atoms with E-state index in [9.17, 15) is 8.42 Å². The Hall–Kier alpha value is -1.11. The number of hydrogen-bond donors (Lipinski definition) is 2. The van der Waals surface area contributed by atoms with Crippen LogP contribution in [0.15, 0.2) is 24.3 Å². The summed E-state index contributed by atoms with van der Waals surface area (Å²) < 4.78 is 27.0. The van der Waals surface area contributed by atoms with E-state index in [2.05, 4.69) is 28.8 Å². The fraction of sp³-hybridized carbons (Fsp3) is 0.600. The molecule has 0 unspecified atom stereocenters. The lowest BCUT2D eigenvalue weighted by Crippen LogP contribution is -2.45. The molecule has 0 aliphatic carbocycles. The number of nitrogens with one attached hydrogen (secondary N) is 2. The number of rotatable bonds is 6. The van der Waals surface area contributed by atoms with Crippen LogP contribution in [0.25, 0.3) is 0 Å². The molecule has 1 saturated heterocycles. The predicted octanol–water partition coefficient (Wildman–Crippen LogP) is 1.46. The summed E-state index contributed by atoms with van der Waals surface area (Å²) in [7, 11) is -3.29. The van der Waals surface area contributed by atoms with E-state index in [1.807, 2.05) is 18.2 Å². The Bertz CT molecular complexity index is 552. The monoisotopic (exact) mass is 311 g/mol. The molecule has 0 amide bonds. The van der Waals surface area contributed by atoms with Crippen LogP contribution in [0.4, 0.5) is 5.69 Å². The maximum Gasteiger partial charge on any atom is 0.233 e. The van der Waals surface area contributed by atoms with E-state index < -0.39 is 10.0 Å². The van der Waals surface area contributed by atoms with Crippen molar-refractivity contribution in [3.63, 3.8) is 0 Å². The second kappa shape index (κ2) is 7.24. The zero-order valence-corrected chi connectivity index (χ0v) is 13.6. The van der Waals surface area contributed by atoms with Crippen molar-refractivity contribution in [1.82, 2.24) is 10.2 Å². The number of piperazine rings is 1. The first kappa shape index (κ1) is 16.3. The molecule has 1 aromatic carbocycles. The standard InChI is InChI=1S/C15H25N3O2S/c1-13(2)14-4-3-5-15(12-14)17-21(19,20)11-10-18-8-6-16-7-9-18/h3-5,12-13,16-17H,6-11H2,1-2H3. The Kier molecular flexibility index (Phi) is 5.61. The van der Waals surface area contributed by atoms with Gasteiger partial charge in [-0.25, -0.2) is 8.42 Å². The minimum Gasteiger partial charge on any atom is -0.314 e. The molecular weight excluding hydrogens is 286 g/mol. The van der Waals surface area contributed by atoms with Crippen LogP contribution < -0.4 is 10.0 Å². The molecule has 21 heavy (non-hydrogen) atoms. The van der Waals surface area contributed by atoms with E-state index in [0.717, 1.165) is 31.7 Å². The fourth-order valence-corrected chi connectivity index (χ4v) is 3.46. The van der Waals surface area contributed by atoms with Gasteiger partial charge in [0.05, 0.1) is 5.75 Å². The van der Waals surface area contributed by atoms with Gasteiger partial charge in [-0.3, -0.25) is 9.62 Å². The van der Waals surface area contributed by atoms with Gasteiger partial charge in [0.25, 0.3) is 0 Å². The van der Waals surface area contributed by atoms with Crippen LogP contribution in [-0.4, -0.2) is 51.8 Å². The van der Waals surface area contributed by atoms with Crippen LogP contribution in [-0.2, 0) is 10.0 Å². The van der Waals surface area contributed by atoms with Crippen molar-refractivity contribution in [2.24, 2.45) is 0 Å². The van der Waals surface area contributed by atoms with E-state index in [1.165, 1.54) is 0 Å². The first-order valence-corrected chi connectivity index (χ1v) is 9.15. The molecule has 2 rings (SSSR count). The van der Waals surface area contributed by atoms with E-state index in [4.69, 9.17) is 0 Å². The van der Waals surface area contributed by atoms with E-state index in [-0.39, 0.29) is 5.75 Å². The number of sulfonamides is 1. The summed E-state index contributed by atoms with van der Waals surface area (Å²) in [6, 6.07) is 7.62. The highest BCUT2D eigenvalue weighted by Crippen LogP contribution is 2.19. The van der Waals surface area contributed by atoms with Gasteiger partial charge < -0.3 is 5.32 Å². The summed E-state index contributed by atoms with van der Waals surface area (Å²) in [4.78, 5) is 2.18. The van der Waals surface area contributed by atoms with E-state index in [0.29, 0.717) is 18.2 Å². The molecule has 0 bridgehead atoms. The Balaban J connectivity index is 1.92. The van der Waals surface area contributed by atoms with Crippen molar-refractivity contribution in [1.29, 1.82) is 0 Å². The summed E-state index contributed by atoms with van der Waals surface area (Å²) in [5.74, 6) is 0.522. The quantitative estimate of drug-likeness (QED) is 0.835. The number of anilines is 1. The van der Waals surface area contributed by atoms with Crippen LogP contribution in [0.2, 0.25) is 0 Å². The highest BCUT2D eigenvalue weighted by Gasteiger charge is 2.15.